The summed E-state index contributed by atoms with van der Waals surface area (Å²) < 4.78 is 7.54. The number of benzene rings is 1. The molecule has 1 fully saturated rings. The van der Waals surface area contributed by atoms with Gasteiger partial charge in [-0.3, -0.25) is 4.57 Å². The van der Waals surface area contributed by atoms with E-state index in [-0.39, 0.29) is 12.0 Å². The number of carbonyl (C=O) groups excluding carboxylic acids is 1. The van der Waals surface area contributed by atoms with Crippen LogP contribution in [0, 0.1) is 0 Å². The van der Waals surface area contributed by atoms with Crippen molar-refractivity contribution in [1.82, 2.24) is 25.1 Å². The number of aromatic nitrogens is 4. The van der Waals surface area contributed by atoms with Gasteiger partial charge in [-0.05, 0) is 70.7 Å². The Morgan fingerprint density at radius 3 is 2.57 bits per heavy atom. The van der Waals surface area contributed by atoms with E-state index in [2.05, 4.69) is 39.2 Å². The van der Waals surface area contributed by atoms with Crippen molar-refractivity contribution in [3.63, 3.8) is 0 Å². The summed E-state index contributed by atoms with van der Waals surface area (Å²) >= 11 is 0. The maximum Gasteiger partial charge on any atom is 0.408 e. The van der Waals surface area contributed by atoms with Crippen LogP contribution < -0.4 is 5.32 Å². The highest BCUT2D eigenvalue weighted by Gasteiger charge is 2.41. The fourth-order valence-electron chi connectivity index (χ4n) is 4.68. The first-order chi connectivity index (χ1) is 16.7. The molecule has 3 aromatic rings. The quantitative estimate of drug-likeness (QED) is 0.535. The fraction of sp³-hybridized carbons (Fsp3) is 0.370. The molecule has 1 saturated carbocycles. The summed E-state index contributed by atoms with van der Waals surface area (Å²) in [5.74, 6) is 2.03. The van der Waals surface area contributed by atoms with Crippen molar-refractivity contribution in [1.29, 1.82) is 0 Å². The molecule has 0 radical (unpaired) electrons. The molecule has 8 heteroatoms. The number of amides is 1. The first-order valence-electron chi connectivity index (χ1n) is 11.9. The third-order valence-electron chi connectivity index (χ3n) is 6.61. The monoisotopic (exact) mass is 470 g/mol. The molecule has 1 N–H and O–H groups in total. The predicted octanol–water partition coefficient (Wildman–Crippen LogP) is 5.61. The second kappa shape index (κ2) is 8.45. The van der Waals surface area contributed by atoms with Gasteiger partial charge in [-0.25, -0.2) is 14.8 Å². The number of fused-ring (bicyclic) bond motifs is 3. The summed E-state index contributed by atoms with van der Waals surface area (Å²) in [6, 6.07) is 12.0. The van der Waals surface area contributed by atoms with Crippen molar-refractivity contribution in [3.8, 4) is 17.1 Å². The predicted molar refractivity (Wildman–Crippen MR) is 135 cm³/mol. The number of allylic oxidation sites excluding steroid dienone is 1. The third-order valence-corrected chi connectivity index (χ3v) is 6.61. The molecule has 2 aliphatic rings. The summed E-state index contributed by atoms with van der Waals surface area (Å²) in [5, 5.41) is 12.2. The van der Waals surface area contributed by atoms with Crippen LogP contribution in [0.1, 0.15) is 64.3 Å². The van der Waals surface area contributed by atoms with E-state index in [1.807, 2.05) is 56.5 Å². The Balaban J connectivity index is 1.50. The van der Waals surface area contributed by atoms with Crippen LogP contribution in [-0.4, -0.2) is 37.2 Å². The fourth-order valence-corrected chi connectivity index (χ4v) is 4.68. The normalized spacial score (nSPS) is 18.3. The first kappa shape index (κ1) is 23.0. The van der Waals surface area contributed by atoms with E-state index in [4.69, 9.17) is 9.73 Å². The van der Waals surface area contributed by atoms with Crippen molar-refractivity contribution in [2.75, 3.05) is 0 Å². The van der Waals surface area contributed by atoms with Crippen LogP contribution in [0.5, 0.6) is 0 Å². The average molecular weight is 471 g/mol. The summed E-state index contributed by atoms with van der Waals surface area (Å²) in [7, 11) is 0. The van der Waals surface area contributed by atoms with Gasteiger partial charge in [-0.15, -0.1) is 10.2 Å². The molecular formula is C27H30N6O2. The molecule has 35 heavy (non-hydrogen) atoms. The van der Waals surface area contributed by atoms with Crippen molar-refractivity contribution < 1.29 is 9.53 Å². The number of nitrogens with zero attached hydrogens (tertiary/aromatic N) is 5. The Morgan fingerprint density at radius 2 is 1.94 bits per heavy atom. The molecule has 1 aromatic carbocycles. The molecule has 2 aromatic heterocycles. The minimum Gasteiger partial charge on any atom is -0.444 e. The van der Waals surface area contributed by atoms with E-state index < -0.39 is 11.1 Å². The molecule has 5 rings (SSSR count). The highest BCUT2D eigenvalue weighted by Crippen LogP contribution is 2.42. The van der Waals surface area contributed by atoms with Crippen LogP contribution in [0.25, 0.3) is 17.1 Å². The van der Waals surface area contributed by atoms with Gasteiger partial charge in [-0.1, -0.05) is 30.8 Å². The van der Waals surface area contributed by atoms with Crippen LogP contribution in [0.15, 0.2) is 60.2 Å². The minimum atomic E-state index is -0.540. The topological polar surface area (TPSA) is 94.3 Å². The first-order valence-corrected chi connectivity index (χ1v) is 11.9. The number of nitrogens with one attached hydrogen (secondary N) is 1. The SMILES string of the molecule is C=CC1=Nc2ncccc2-n2c(-c3ccc(C4(NC(=O)OC(C)(C)C)CCC4)cc3)nnc2C1C. The van der Waals surface area contributed by atoms with E-state index in [0.29, 0.717) is 5.82 Å². The Labute approximate surface area is 205 Å². The third kappa shape index (κ3) is 4.13. The molecule has 1 aliphatic heterocycles. The average Bonchev–Trinajstić information content (AvgIpc) is 3.19. The molecular weight excluding hydrogens is 440 g/mol. The molecule has 8 nitrogen and oxygen atoms in total. The summed E-state index contributed by atoms with van der Waals surface area (Å²) in [6.45, 7) is 11.6. The second-order valence-corrected chi connectivity index (χ2v) is 10.2. The van der Waals surface area contributed by atoms with Crippen molar-refractivity contribution in [2.45, 2.75) is 64.0 Å². The summed E-state index contributed by atoms with van der Waals surface area (Å²) in [4.78, 5) is 21.7. The number of alkyl carbamates (subject to hydrolysis) is 1. The number of pyridine rings is 1. The van der Waals surface area contributed by atoms with Gasteiger partial charge in [0.15, 0.2) is 11.6 Å². The highest BCUT2D eigenvalue weighted by molar-refractivity contribution is 6.01. The molecule has 1 aliphatic carbocycles. The minimum absolute atomic E-state index is 0.0847. The lowest BCUT2D eigenvalue weighted by Gasteiger charge is -2.43. The number of aliphatic imine (C=N–C) groups is 1. The summed E-state index contributed by atoms with van der Waals surface area (Å²) in [6.07, 6.45) is 5.90. The molecule has 0 spiro atoms. The summed E-state index contributed by atoms with van der Waals surface area (Å²) in [5.41, 5.74) is 2.67. The largest absolute Gasteiger partial charge is 0.444 e. The lowest BCUT2D eigenvalue weighted by atomic mass is 9.72. The van der Waals surface area contributed by atoms with Gasteiger partial charge in [0.2, 0.25) is 0 Å². The lowest BCUT2D eigenvalue weighted by molar-refractivity contribution is 0.0377. The Morgan fingerprint density at radius 1 is 1.20 bits per heavy atom. The maximum atomic E-state index is 12.5. The van der Waals surface area contributed by atoms with Crippen LogP contribution in [0.4, 0.5) is 10.6 Å². The zero-order chi connectivity index (χ0) is 24.8. The number of ether oxygens (including phenoxy) is 1. The zero-order valence-corrected chi connectivity index (χ0v) is 20.6. The number of rotatable bonds is 4. The molecule has 180 valence electrons. The van der Waals surface area contributed by atoms with Crippen molar-refractivity contribution in [3.05, 3.63) is 66.6 Å². The van der Waals surface area contributed by atoms with E-state index in [1.54, 1.807) is 12.3 Å². The van der Waals surface area contributed by atoms with Gasteiger partial charge < -0.3 is 10.1 Å². The highest BCUT2D eigenvalue weighted by atomic mass is 16.6. The Bertz CT molecular complexity index is 1310. The van der Waals surface area contributed by atoms with E-state index in [0.717, 1.165) is 53.4 Å². The molecule has 0 bridgehead atoms. The van der Waals surface area contributed by atoms with Gasteiger partial charge in [0.25, 0.3) is 0 Å². The van der Waals surface area contributed by atoms with E-state index in [9.17, 15) is 4.79 Å². The standard InChI is InChI=1S/C27H30N6O2/c1-6-20-17(2)23-31-32-24(33(23)21-9-7-16-28-22(21)29-20)18-10-12-19(13-11-18)27(14-8-15-27)30-25(34)35-26(3,4)5/h6-7,9-13,16-17H,1,8,14-15H2,2-5H3,(H,30,34). The van der Waals surface area contributed by atoms with Crippen LogP contribution in [0.3, 0.4) is 0 Å². The van der Waals surface area contributed by atoms with Gasteiger partial charge in [0, 0.05) is 11.8 Å². The molecule has 1 amide bonds. The smallest absolute Gasteiger partial charge is 0.408 e. The number of hydrogen-bond acceptors (Lipinski definition) is 6. The van der Waals surface area contributed by atoms with Gasteiger partial charge in [0.05, 0.1) is 22.9 Å². The number of hydrogen-bond donors (Lipinski definition) is 1. The van der Waals surface area contributed by atoms with Crippen LogP contribution in [-0.2, 0) is 10.3 Å². The molecule has 0 saturated heterocycles. The Hall–Kier alpha value is -3.81. The zero-order valence-electron chi connectivity index (χ0n) is 20.6. The van der Waals surface area contributed by atoms with Crippen molar-refractivity contribution in [2.24, 2.45) is 4.99 Å². The van der Waals surface area contributed by atoms with Crippen LogP contribution in [0.2, 0.25) is 0 Å². The van der Waals surface area contributed by atoms with Crippen LogP contribution >= 0.6 is 0 Å². The van der Waals surface area contributed by atoms with E-state index >= 15 is 0 Å². The van der Waals surface area contributed by atoms with Crippen molar-refractivity contribution >= 4 is 17.6 Å². The Kier molecular flexibility index (Phi) is 5.54. The molecule has 1 unspecified atom stereocenters. The lowest BCUT2D eigenvalue weighted by Crippen LogP contribution is -2.52. The molecule has 1 atom stereocenters. The number of carbonyl (C=O) groups is 1. The van der Waals surface area contributed by atoms with Gasteiger partial charge >= 0.3 is 6.09 Å². The van der Waals surface area contributed by atoms with Gasteiger partial charge in [-0.2, -0.15) is 0 Å². The molecule has 3 heterocycles. The maximum absolute atomic E-state index is 12.5. The van der Waals surface area contributed by atoms with E-state index in [1.165, 1.54) is 0 Å². The second-order valence-electron chi connectivity index (χ2n) is 10.2. The van der Waals surface area contributed by atoms with Gasteiger partial charge in [0.1, 0.15) is 11.4 Å².